The number of carbonyl (C=O) groups excluding carboxylic acids is 1. The molecule has 2 aromatic heterocycles. The minimum atomic E-state index is 0.0562. The van der Waals surface area contributed by atoms with Crippen LogP contribution in [0.15, 0.2) is 18.3 Å². The summed E-state index contributed by atoms with van der Waals surface area (Å²) in [5.41, 5.74) is 1.76. The van der Waals surface area contributed by atoms with Crippen LogP contribution >= 0.6 is 0 Å². The Morgan fingerprint density at radius 1 is 1.52 bits per heavy atom. The number of amides is 1. The van der Waals surface area contributed by atoms with Gasteiger partial charge < -0.3 is 14.6 Å². The van der Waals surface area contributed by atoms with Gasteiger partial charge in [0.25, 0.3) is 0 Å². The van der Waals surface area contributed by atoms with Crippen molar-refractivity contribution in [3.8, 4) is 0 Å². The first-order valence-corrected chi connectivity index (χ1v) is 7.18. The van der Waals surface area contributed by atoms with Crippen LogP contribution in [0.2, 0.25) is 0 Å². The largest absolute Gasteiger partial charge is 0.383 e. The smallest absolute Gasteiger partial charge is 0.219 e. The van der Waals surface area contributed by atoms with Gasteiger partial charge in [-0.3, -0.25) is 4.79 Å². The number of hydrogen-bond acceptors (Lipinski definition) is 4. The van der Waals surface area contributed by atoms with Crippen molar-refractivity contribution >= 4 is 17.1 Å². The van der Waals surface area contributed by atoms with E-state index < -0.39 is 0 Å². The highest BCUT2D eigenvalue weighted by Crippen LogP contribution is 2.20. The molecule has 0 aliphatic rings. The molecule has 114 valence electrons. The highest BCUT2D eigenvalue weighted by atomic mass is 16.5. The van der Waals surface area contributed by atoms with Crippen molar-refractivity contribution < 1.29 is 9.53 Å². The molecule has 1 atom stereocenters. The van der Waals surface area contributed by atoms with E-state index in [4.69, 9.17) is 4.74 Å². The third kappa shape index (κ3) is 3.58. The predicted octanol–water partition coefficient (Wildman–Crippen LogP) is 1.71. The Morgan fingerprint density at radius 2 is 2.33 bits per heavy atom. The van der Waals surface area contributed by atoms with Gasteiger partial charge in [0, 0.05) is 33.2 Å². The normalized spacial score (nSPS) is 12.5. The SMILES string of the molecule is CNC(=O)CCCc1nc2cccnc2n1C(C)COC. The maximum Gasteiger partial charge on any atom is 0.219 e. The number of hydrogen-bond donors (Lipinski definition) is 1. The van der Waals surface area contributed by atoms with Gasteiger partial charge in [-0.2, -0.15) is 0 Å². The Labute approximate surface area is 124 Å². The van der Waals surface area contributed by atoms with Crippen molar-refractivity contribution in [2.45, 2.75) is 32.2 Å². The molecular formula is C15H22N4O2. The van der Waals surface area contributed by atoms with E-state index in [0.29, 0.717) is 13.0 Å². The maximum atomic E-state index is 11.3. The van der Waals surface area contributed by atoms with E-state index in [-0.39, 0.29) is 11.9 Å². The number of carbonyl (C=O) groups is 1. The Kier molecular flexibility index (Phi) is 5.27. The zero-order valence-corrected chi connectivity index (χ0v) is 12.8. The third-order valence-electron chi connectivity index (χ3n) is 3.45. The van der Waals surface area contributed by atoms with Crippen molar-refractivity contribution in [2.75, 3.05) is 20.8 Å². The number of nitrogens with one attached hydrogen (secondary N) is 1. The van der Waals surface area contributed by atoms with Crippen LogP contribution in [0.5, 0.6) is 0 Å². The Morgan fingerprint density at radius 3 is 3.05 bits per heavy atom. The van der Waals surface area contributed by atoms with Gasteiger partial charge in [-0.1, -0.05) is 0 Å². The Balaban J connectivity index is 2.24. The lowest BCUT2D eigenvalue weighted by atomic mass is 10.2. The topological polar surface area (TPSA) is 69.0 Å². The fourth-order valence-corrected chi connectivity index (χ4v) is 2.46. The number of imidazole rings is 1. The van der Waals surface area contributed by atoms with E-state index in [1.165, 1.54) is 0 Å². The number of rotatable bonds is 7. The summed E-state index contributed by atoms with van der Waals surface area (Å²) < 4.78 is 7.36. The molecule has 0 saturated heterocycles. The minimum Gasteiger partial charge on any atom is -0.383 e. The highest BCUT2D eigenvalue weighted by Gasteiger charge is 2.16. The second-order valence-corrected chi connectivity index (χ2v) is 5.08. The second kappa shape index (κ2) is 7.17. The van der Waals surface area contributed by atoms with Crippen molar-refractivity contribution in [1.82, 2.24) is 19.9 Å². The zero-order chi connectivity index (χ0) is 15.2. The first-order chi connectivity index (χ1) is 10.2. The predicted molar refractivity (Wildman–Crippen MR) is 81.1 cm³/mol. The molecule has 2 heterocycles. The lowest BCUT2D eigenvalue weighted by Gasteiger charge is -2.16. The molecule has 0 fully saturated rings. The van der Waals surface area contributed by atoms with Crippen LogP contribution in [-0.4, -0.2) is 41.2 Å². The molecule has 1 unspecified atom stereocenters. The highest BCUT2D eigenvalue weighted by molar-refractivity contribution is 5.75. The number of pyridine rings is 1. The Hall–Kier alpha value is -1.95. The van der Waals surface area contributed by atoms with Crippen LogP contribution in [0.3, 0.4) is 0 Å². The zero-order valence-electron chi connectivity index (χ0n) is 12.8. The summed E-state index contributed by atoms with van der Waals surface area (Å²) in [4.78, 5) is 20.4. The number of fused-ring (bicyclic) bond motifs is 1. The fourth-order valence-electron chi connectivity index (χ4n) is 2.46. The lowest BCUT2D eigenvalue weighted by Crippen LogP contribution is -2.18. The standard InChI is InChI=1S/C15H22N4O2/c1-11(10-21-3)19-13(7-4-8-14(20)16-2)18-12-6-5-9-17-15(12)19/h5-6,9,11H,4,7-8,10H2,1-3H3,(H,16,20). The van der Waals surface area contributed by atoms with Gasteiger partial charge in [0.05, 0.1) is 12.6 Å². The van der Waals surface area contributed by atoms with Crippen LogP contribution in [0, 0.1) is 0 Å². The van der Waals surface area contributed by atoms with Gasteiger partial charge in [-0.25, -0.2) is 9.97 Å². The molecule has 1 amide bonds. The summed E-state index contributed by atoms with van der Waals surface area (Å²) >= 11 is 0. The average molecular weight is 290 g/mol. The molecule has 0 aromatic carbocycles. The van der Waals surface area contributed by atoms with Crippen molar-refractivity contribution in [3.63, 3.8) is 0 Å². The molecule has 2 rings (SSSR count). The molecule has 6 heteroatoms. The van der Waals surface area contributed by atoms with Crippen LogP contribution in [0.1, 0.15) is 31.6 Å². The van der Waals surface area contributed by atoms with Crippen LogP contribution in [0.4, 0.5) is 0 Å². The molecule has 21 heavy (non-hydrogen) atoms. The van der Waals surface area contributed by atoms with Gasteiger partial charge in [-0.15, -0.1) is 0 Å². The average Bonchev–Trinajstić information content (AvgIpc) is 2.85. The van der Waals surface area contributed by atoms with Crippen molar-refractivity contribution in [1.29, 1.82) is 0 Å². The van der Waals surface area contributed by atoms with E-state index >= 15 is 0 Å². The molecule has 0 bridgehead atoms. The molecule has 0 radical (unpaired) electrons. The molecular weight excluding hydrogens is 268 g/mol. The van der Waals surface area contributed by atoms with E-state index in [1.54, 1.807) is 20.4 Å². The summed E-state index contributed by atoms with van der Waals surface area (Å²) in [7, 11) is 3.34. The first-order valence-electron chi connectivity index (χ1n) is 7.18. The quantitative estimate of drug-likeness (QED) is 0.843. The third-order valence-corrected chi connectivity index (χ3v) is 3.45. The first kappa shape index (κ1) is 15.4. The van der Waals surface area contributed by atoms with Crippen molar-refractivity contribution in [2.24, 2.45) is 0 Å². The summed E-state index contributed by atoms with van der Waals surface area (Å²) in [5, 5.41) is 2.64. The monoisotopic (exact) mass is 290 g/mol. The van der Waals surface area contributed by atoms with E-state index in [9.17, 15) is 4.79 Å². The second-order valence-electron chi connectivity index (χ2n) is 5.08. The summed E-state index contributed by atoms with van der Waals surface area (Å²) in [5.74, 6) is 1.01. The van der Waals surface area contributed by atoms with Gasteiger partial charge >= 0.3 is 0 Å². The maximum absolute atomic E-state index is 11.3. The van der Waals surface area contributed by atoms with Gasteiger partial charge in [0.15, 0.2) is 5.65 Å². The summed E-state index contributed by atoms with van der Waals surface area (Å²) in [6, 6.07) is 4.00. The molecule has 0 aliphatic heterocycles. The molecule has 0 spiro atoms. The molecule has 6 nitrogen and oxygen atoms in total. The van der Waals surface area contributed by atoms with Gasteiger partial charge in [-0.05, 0) is 25.5 Å². The summed E-state index contributed by atoms with van der Waals surface area (Å²) in [6.45, 7) is 2.69. The molecule has 0 saturated carbocycles. The van der Waals surface area contributed by atoms with Gasteiger partial charge in [0.2, 0.25) is 5.91 Å². The van der Waals surface area contributed by atoms with E-state index in [0.717, 1.165) is 29.8 Å². The molecule has 0 aliphatic carbocycles. The van der Waals surface area contributed by atoms with E-state index in [1.807, 2.05) is 12.1 Å². The van der Waals surface area contributed by atoms with Crippen LogP contribution in [-0.2, 0) is 16.0 Å². The lowest BCUT2D eigenvalue weighted by molar-refractivity contribution is -0.120. The fraction of sp³-hybridized carbons (Fsp3) is 0.533. The number of aryl methyl sites for hydroxylation is 1. The number of ether oxygens (including phenoxy) is 1. The number of nitrogens with zero attached hydrogens (tertiary/aromatic N) is 3. The number of aromatic nitrogens is 3. The minimum absolute atomic E-state index is 0.0562. The Bertz CT molecular complexity index is 609. The van der Waals surface area contributed by atoms with E-state index in [2.05, 4.69) is 26.8 Å². The molecule has 2 aromatic rings. The van der Waals surface area contributed by atoms with Crippen molar-refractivity contribution in [3.05, 3.63) is 24.2 Å². The number of methoxy groups -OCH3 is 1. The van der Waals surface area contributed by atoms with Crippen LogP contribution < -0.4 is 5.32 Å². The van der Waals surface area contributed by atoms with Crippen LogP contribution in [0.25, 0.3) is 11.2 Å². The van der Waals surface area contributed by atoms with Gasteiger partial charge in [0.1, 0.15) is 11.3 Å². The molecule has 1 N–H and O–H groups in total. The summed E-state index contributed by atoms with van der Waals surface area (Å²) in [6.07, 6.45) is 3.79.